The number of imidazole rings is 1. The van der Waals surface area contributed by atoms with Gasteiger partial charge < -0.3 is 15.0 Å². The molecule has 1 amide bonds. The lowest BCUT2D eigenvalue weighted by Gasteiger charge is -2.18. The summed E-state index contributed by atoms with van der Waals surface area (Å²) >= 11 is 1.38. The molecule has 180 valence electrons. The highest BCUT2D eigenvalue weighted by Gasteiger charge is 2.20. The van der Waals surface area contributed by atoms with E-state index in [2.05, 4.69) is 49.7 Å². The first-order chi connectivity index (χ1) is 17.7. The number of hydrogen-bond acceptors (Lipinski definition) is 5. The quantitative estimate of drug-likeness (QED) is 0.264. The zero-order chi connectivity index (χ0) is 24.5. The van der Waals surface area contributed by atoms with Gasteiger partial charge >= 0.3 is 0 Å². The zero-order valence-electron chi connectivity index (χ0n) is 19.6. The number of para-hydroxylation sites is 3. The minimum atomic E-state index is -0.0566. The van der Waals surface area contributed by atoms with Gasteiger partial charge in [-0.25, -0.2) is 10.1 Å². The van der Waals surface area contributed by atoms with Crippen LogP contribution >= 0.6 is 11.8 Å². The third kappa shape index (κ3) is 4.07. The van der Waals surface area contributed by atoms with Gasteiger partial charge in [0.1, 0.15) is 5.75 Å². The van der Waals surface area contributed by atoms with Crippen molar-refractivity contribution in [3.05, 3.63) is 90.1 Å². The molecular formula is C27H24N6O2S. The summed E-state index contributed by atoms with van der Waals surface area (Å²) in [7, 11) is 1.66. The van der Waals surface area contributed by atoms with Crippen LogP contribution in [-0.2, 0) is 4.79 Å². The van der Waals surface area contributed by atoms with Crippen LogP contribution in [0.2, 0.25) is 0 Å². The lowest BCUT2D eigenvalue weighted by Crippen LogP contribution is -2.30. The van der Waals surface area contributed by atoms with Crippen LogP contribution in [-0.4, -0.2) is 49.9 Å². The standard InChI is InChI=1S/C27H24N6O2S/c1-35-18-12-10-17(11-13-18)20(21-15-28-22-7-3-2-6-19(21)22)14-29-25(34)16-36-27-32-31-26-30-23-8-4-5-9-24(23)33(26)27/h2-13,15,20,28H,14,16H2,1H3,(H,29,34)(H,30,31)/t20-/m0/s1. The Kier molecular flexibility index (Phi) is 5.82. The molecule has 3 aromatic heterocycles. The van der Waals surface area contributed by atoms with Crippen molar-refractivity contribution in [2.45, 2.75) is 11.1 Å². The number of benzene rings is 3. The van der Waals surface area contributed by atoms with Gasteiger partial charge in [0.05, 0.1) is 23.9 Å². The third-order valence-electron chi connectivity index (χ3n) is 6.35. The fraction of sp³-hybridized carbons (Fsp3) is 0.148. The first-order valence-corrected chi connectivity index (χ1v) is 12.6. The molecule has 9 heteroatoms. The summed E-state index contributed by atoms with van der Waals surface area (Å²) in [6, 6.07) is 24.1. The minimum absolute atomic E-state index is 0.0179. The number of thioether (sulfide) groups is 1. The minimum Gasteiger partial charge on any atom is -0.497 e. The van der Waals surface area contributed by atoms with E-state index in [4.69, 9.17) is 4.74 Å². The molecule has 3 aromatic carbocycles. The Hall–Kier alpha value is -4.24. The van der Waals surface area contributed by atoms with Gasteiger partial charge in [-0.05, 0) is 41.5 Å². The second kappa shape index (κ2) is 9.43. The van der Waals surface area contributed by atoms with Crippen LogP contribution < -0.4 is 10.1 Å². The van der Waals surface area contributed by atoms with Crippen LogP contribution in [0.4, 0.5) is 0 Å². The van der Waals surface area contributed by atoms with E-state index >= 15 is 0 Å². The fourth-order valence-corrected chi connectivity index (χ4v) is 5.35. The summed E-state index contributed by atoms with van der Waals surface area (Å²) in [5.41, 5.74) is 5.17. The van der Waals surface area contributed by atoms with E-state index in [0.29, 0.717) is 17.5 Å². The maximum Gasteiger partial charge on any atom is 0.231 e. The number of H-pyrrole nitrogens is 2. The maximum absolute atomic E-state index is 12.9. The maximum atomic E-state index is 12.9. The molecular weight excluding hydrogens is 472 g/mol. The van der Waals surface area contributed by atoms with Crippen LogP contribution in [0.15, 0.2) is 84.1 Å². The molecule has 1 atom stereocenters. The summed E-state index contributed by atoms with van der Waals surface area (Å²) in [4.78, 5) is 20.8. The van der Waals surface area contributed by atoms with Crippen LogP contribution in [0.5, 0.6) is 5.75 Å². The number of carbonyl (C=O) groups excluding carboxylic acids is 1. The van der Waals surface area contributed by atoms with Crippen LogP contribution in [0.25, 0.3) is 27.7 Å². The highest BCUT2D eigenvalue weighted by atomic mass is 32.2. The van der Waals surface area contributed by atoms with Crippen LogP contribution in [0, 0.1) is 0 Å². The van der Waals surface area contributed by atoms with Gasteiger partial charge in [-0.2, -0.15) is 0 Å². The largest absolute Gasteiger partial charge is 0.497 e. The lowest BCUT2D eigenvalue weighted by atomic mass is 9.91. The predicted molar refractivity (Wildman–Crippen MR) is 142 cm³/mol. The Morgan fingerprint density at radius 1 is 1.08 bits per heavy atom. The average molecular weight is 497 g/mol. The Labute approximate surface area is 211 Å². The van der Waals surface area contributed by atoms with Gasteiger partial charge in [-0.15, -0.1) is 5.10 Å². The average Bonchev–Trinajstić information content (AvgIpc) is 3.62. The smallest absolute Gasteiger partial charge is 0.231 e. The molecule has 6 aromatic rings. The second-order valence-electron chi connectivity index (χ2n) is 8.47. The summed E-state index contributed by atoms with van der Waals surface area (Å²) in [5.74, 6) is 1.64. The number of ether oxygens (including phenoxy) is 1. The topological polar surface area (TPSA) is 100 Å². The summed E-state index contributed by atoms with van der Waals surface area (Å²) in [5, 5.41) is 12.3. The van der Waals surface area contributed by atoms with E-state index in [1.165, 1.54) is 11.8 Å². The van der Waals surface area contributed by atoms with E-state index in [1.54, 1.807) is 7.11 Å². The summed E-state index contributed by atoms with van der Waals surface area (Å²) in [6.07, 6.45) is 2.03. The second-order valence-corrected chi connectivity index (χ2v) is 9.42. The molecule has 36 heavy (non-hydrogen) atoms. The number of hydrogen-bond donors (Lipinski definition) is 3. The summed E-state index contributed by atoms with van der Waals surface area (Å²) < 4.78 is 7.28. The van der Waals surface area contributed by atoms with Crippen molar-refractivity contribution >= 4 is 45.4 Å². The first kappa shape index (κ1) is 22.2. The molecule has 0 aliphatic heterocycles. The Bertz CT molecular complexity index is 1670. The Morgan fingerprint density at radius 2 is 1.89 bits per heavy atom. The van der Waals surface area contributed by atoms with Gasteiger partial charge in [0.2, 0.25) is 11.7 Å². The molecule has 0 saturated heterocycles. The number of aromatic amines is 2. The van der Waals surface area contributed by atoms with Crippen molar-refractivity contribution in [1.82, 2.24) is 29.9 Å². The molecule has 0 bridgehead atoms. The molecule has 0 aliphatic carbocycles. The van der Waals surface area contributed by atoms with E-state index in [9.17, 15) is 4.79 Å². The first-order valence-electron chi connectivity index (χ1n) is 11.6. The number of rotatable bonds is 8. The predicted octanol–water partition coefficient (Wildman–Crippen LogP) is 4.74. The Morgan fingerprint density at radius 3 is 2.75 bits per heavy atom. The molecule has 0 unspecified atom stereocenters. The molecule has 0 spiro atoms. The van der Waals surface area contributed by atoms with Gasteiger partial charge in [0.15, 0.2) is 5.16 Å². The molecule has 8 nitrogen and oxygen atoms in total. The number of amides is 1. The van der Waals surface area contributed by atoms with E-state index in [-0.39, 0.29) is 17.6 Å². The third-order valence-corrected chi connectivity index (χ3v) is 7.29. The zero-order valence-corrected chi connectivity index (χ0v) is 20.4. The van der Waals surface area contributed by atoms with E-state index < -0.39 is 0 Å². The van der Waals surface area contributed by atoms with Gasteiger partial charge in [0, 0.05) is 29.6 Å². The van der Waals surface area contributed by atoms with E-state index in [0.717, 1.165) is 38.8 Å². The van der Waals surface area contributed by atoms with Crippen molar-refractivity contribution in [2.24, 2.45) is 0 Å². The number of fused-ring (bicyclic) bond motifs is 4. The van der Waals surface area contributed by atoms with Crippen molar-refractivity contribution in [2.75, 3.05) is 19.4 Å². The van der Waals surface area contributed by atoms with Crippen molar-refractivity contribution in [3.8, 4) is 5.75 Å². The summed E-state index contributed by atoms with van der Waals surface area (Å²) in [6.45, 7) is 0.470. The number of carbonyl (C=O) groups is 1. The highest BCUT2D eigenvalue weighted by molar-refractivity contribution is 7.99. The molecule has 3 heterocycles. The number of nitrogens with zero attached hydrogens (tertiary/aromatic N) is 3. The number of aromatic nitrogens is 5. The normalized spacial score (nSPS) is 12.4. The number of methoxy groups -OCH3 is 1. The molecule has 0 saturated carbocycles. The van der Waals surface area contributed by atoms with Crippen LogP contribution in [0.3, 0.4) is 0 Å². The SMILES string of the molecule is COc1ccc([C@H](CNC(=O)CSc2n[nH]c3nc4ccccc4n23)c2c[nH]c3ccccc23)cc1. The van der Waals surface area contributed by atoms with Gasteiger partial charge in [-0.1, -0.05) is 54.2 Å². The molecule has 0 radical (unpaired) electrons. The molecule has 0 fully saturated rings. The molecule has 3 N–H and O–H groups in total. The molecule has 0 aliphatic rings. The van der Waals surface area contributed by atoms with E-state index in [1.807, 2.05) is 59.1 Å². The lowest BCUT2D eigenvalue weighted by molar-refractivity contribution is -0.118. The van der Waals surface area contributed by atoms with Crippen molar-refractivity contribution < 1.29 is 9.53 Å². The number of nitrogens with one attached hydrogen (secondary N) is 3. The Balaban J connectivity index is 1.20. The van der Waals surface area contributed by atoms with Crippen LogP contribution in [0.1, 0.15) is 17.0 Å². The highest BCUT2D eigenvalue weighted by Crippen LogP contribution is 2.31. The van der Waals surface area contributed by atoms with Crippen molar-refractivity contribution in [3.63, 3.8) is 0 Å². The fourth-order valence-electron chi connectivity index (χ4n) is 4.56. The van der Waals surface area contributed by atoms with Gasteiger partial charge in [0.25, 0.3) is 0 Å². The van der Waals surface area contributed by atoms with Crippen molar-refractivity contribution in [1.29, 1.82) is 0 Å². The molecule has 6 rings (SSSR count). The monoisotopic (exact) mass is 496 g/mol. The van der Waals surface area contributed by atoms with Gasteiger partial charge in [-0.3, -0.25) is 9.20 Å².